The summed E-state index contributed by atoms with van der Waals surface area (Å²) in [7, 11) is 0. The minimum atomic E-state index is -0.445. The highest BCUT2D eigenvalue weighted by atomic mass is 19.1. The van der Waals surface area contributed by atoms with Crippen LogP contribution in [0.2, 0.25) is 0 Å². The van der Waals surface area contributed by atoms with E-state index in [-0.39, 0.29) is 11.5 Å². The Morgan fingerprint density at radius 3 is 2.85 bits per heavy atom. The van der Waals surface area contributed by atoms with Crippen LogP contribution in [-0.2, 0) is 6.42 Å². The number of nitro benzene ring substituents is 1. The van der Waals surface area contributed by atoms with Crippen molar-refractivity contribution in [2.75, 3.05) is 6.54 Å². The molecule has 3 rings (SSSR count). The maximum absolute atomic E-state index is 13.4. The van der Waals surface area contributed by atoms with Gasteiger partial charge < -0.3 is 0 Å². The quantitative estimate of drug-likeness (QED) is 0.622. The number of hydrogen-bond donors (Lipinski definition) is 0. The molecule has 0 atom stereocenters. The summed E-state index contributed by atoms with van der Waals surface area (Å²) in [5.41, 5.74) is 3.01. The third-order valence-corrected chi connectivity index (χ3v) is 3.31. The lowest BCUT2D eigenvalue weighted by molar-refractivity contribution is -0.384. The Labute approximate surface area is 114 Å². The topological polar surface area (TPSA) is 55.5 Å². The summed E-state index contributed by atoms with van der Waals surface area (Å²) in [6.45, 7) is 0.608. The smallest absolute Gasteiger partial charge is 0.270 e. The number of non-ortho nitro benzene ring substituents is 1. The average molecular weight is 270 g/mol. The summed E-state index contributed by atoms with van der Waals surface area (Å²) < 4.78 is 13.4. The van der Waals surface area contributed by atoms with Gasteiger partial charge in [-0.05, 0) is 24.1 Å². The molecular formula is C15H11FN2O2. The maximum atomic E-state index is 13.4. The molecule has 1 aliphatic rings. The van der Waals surface area contributed by atoms with Crippen LogP contribution < -0.4 is 0 Å². The van der Waals surface area contributed by atoms with E-state index < -0.39 is 4.92 Å². The van der Waals surface area contributed by atoms with E-state index in [1.54, 1.807) is 18.2 Å². The highest BCUT2D eigenvalue weighted by Crippen LogP contribution is 2.23. The molecule has 20 heavy (non-hydrogen) atoms. The molecule has 0 saturated carbocycles. The van der Waals surface area contributed by atoms with Crippen LogP contribution in [0.1, 0.15) is 16.7 Å². The standard InChI is InChI=1S/C15H11FN2O2/c16-12-5-4-10-6-7-17-15(14(10)9-12)11-2-1-3-13(8-11)18(19)20/h1-5,8-9H,6-7H2. The molecule has 0 fully saturated rings. The molecule has 2 aromatic rings. The second-order valence-corrected chi connectivity index (χ2v) is 4.59. The fourth-order valence-electron chi connectivity index (χ4n) is 2.37. The summed E-state index contributed by atoms with van der Waals surface area (Å²) in [6.07, 6.45) is 0.758. The largest absolute Gasteiger partial charge is 0.284 e. The van der Waals surface area contributed by atoms with Gasteiger partial charge in [0.25, 0.3) is 5.69 Å². The number of aliphatic imine (C=N–C) groups is 1. The normalized spacial score (nSPS) is 13.6. The van der Waals surface area contributed by atoms with Gasteiger partial charge in [0.2, 0.25) is 0 Å². The van der Waals surface area contributed by atoms with Gasteiger partial charge in [0.05, 0.1) is 10.6 Å². The van der Waals surface area contributed by atoms with Gasteiger partial charge in [-0.3, -0.25) is 15.1 Å². The summed E-state index contributed by atoms with van der Waals surface area (Å²) in [5, 5.41) is 10.8. The fourth-order valence-corrected chi connectivity index (χ4v) is 2.37. The Morgan fingerprint density at radius 1 is 1.20 bits per heavy atom. The Morgan fingerprint density at radius 2 is 2.05 bits per heavy atom. The van der Waals surface area contributed by atoms with Gasteiger partial charge in [-0.2, -0.15) is 0 Å². The van der Waals surface area contributed by atoms with Crippen LogP contribution in [0.5, 0.6) is 0 Å². The third kappa shape index (κ3) is 2.18. The Balaban J connectivity index is 2.12. The maximum Gasteiger partial charge on any atom is 0.270 e. The van der Waals surface area contributed by atoms with Gasteiger partial charge in [0.15, 0.2) is 0 Å². The fraction of sp³-hybridized carbons (Fsp3) is 0.133. The van der Waals surface area contributed by atoms with Crippen molar-refractivity contribution in [1.29, 1.82) is 0 Å². The first-order valence-electron chi connectivity index (χ1n) is 6.23. The molecule has 100 valence electrons. The van der Waals surface area contributed by atoms with Gasteiger partial charge >= 0.3 is 0 Å². The Bertz CT molecular complexity index is 726. The minimum absolute atomic E-state index is 0.00808. The zero-order chi connectivity index (χ0) is 14.1. The molecule has 1 heterocycles. The van der Waals surface area contributed by atoms with Gasteiger partial charge in [-0.25, -0.2) is 4.39 Å². The lowest BCUT2D eigenvalue weighted by Gasteiger charge is -2.17. The Hall–Kier alpha value is -2.56. The highest BCUT2D eigenvalue weighted by molar-refractivity contribution is 6.14. The van der Waals surface area contributed by atoms with E-state index in [0.717, 1.165) is 17.5 Å². The highest BCUT2D eigenvalue weighted by Gasteiger charge is 2.18. The molecule has 0 aliphatic carbocycles. The average Bonchev–Trinajstić information content (AvgIpc) is 2.46. The van der Waals surface area contributed by atoms with Crippen LogP contribution in [0.25, 0.3) is 0 Å². The molecule has 0 aromatic heterocycles. The lowest BCUT2D eigenvalue weighted by Crippen LogP contribution is -2.14. The van der Waals surface area contributed by atoms with Crippen molar-refractivity contribution in [2.24, 2.45) is 4.99 Å². The zero-order valence-electron chi connectivity index (χ0n) is 10.5. The van der Waals surface area contributed by atoms with E-state index in [9.17, 15) is 14.5 Å². The molecule has 0 unspecified atom stereocenters. The summed E-state index contributed by atoms with van der Waals surface area (Å²) >= 11 is 0. The molecule has 0 spiro atoms. The molecule has 5 heteroatoms. The van der Waals surface area contributed by atoms with Crippen molar-refractivity contribution in [1.82, 2.24) is 0 Å². The molecular weight excluding hydrogens is 259 g/mol. The van der Waals surface area contributed by atoms with Crippen LogP contribution in [0, 0.1) is 15.9 Å². The van der Waals surface area contributed by atoms with E-state index in [4.69, 9.17) is 0 Å². The molecule has 1 aliphatic heterocycles. The number of nitrogens with zero attached hydrogens (tertiary/aromatic N) is 2. The van der Waals surface area contributed by atoms with Crippen LogP contribution in [0.15, 0.2) is 47.5 Å². The summed E-state index contributed by atoms with van der Waals surface area (Å²) in [4.78, 5) is 14.8. The third-order valence-electron chi connectivity index (χ3n) is 3.31. The van der Waals surface area contributed by atoms with E-state index >= 15 is 0 Å². The van der Waals surface area contributed by atoms with Gasteiger partial charge in [0.1, 0.15) is 5.82 Å². The monoisotopic (exact) mass is 270 g/mol. The number of rotatable bonds is 2. The SMILES string of the molecule is O=[N+]([O-])c1cccc(C2=NCCc3ccc(F)cc32)c1. The molecule has 2 aromatic carbocycles. The second kappa shape index (κ2) is 4.85. The Kier molecular flexibility index (Phi) is 3.02. The molecule has 0 bridgehead atoms. The number of halogens is 1. The number of hydrogen-bond acceptors (Lipinski definition) is 3. The second-order valence-electron chi connectivity index (χ2n) is 4.59. The number of fused-ring (bicyclic) bond motifs is 1. The first kappa shape index (κ1) is 12.5. The predicted octanol–water partition coefficient (Wildman–Crippen LogP) is 3.13. The lowest BCUT2D eigenvalue weighted by atomic mass is 9.93. The van der Waals surface area contributed by atoms with Crippen LogP contribution in [0.4, 0.5) is 10.1 Å². The molecule has 0 N–H and O–H groups in total. The van der Waals surface area contributed by atoms with E-state index in [0.29, 0.717) is 17.8 Å². The van der Waals surface area contributed by atoms with Crippen molar-refractivity contribution in [3.63, 3.8) is 0 Å². The van der Waals surface area contributed by atoms with Gasteiger partial charge in [-0.15, -0.1) is 0 Å². The van der Waals surface area contributed by atoms with Crippen molar-refractivity contribution < 1.29 is 9.31 Å². The van der Waals surface area contributed by atoms with Crippen LogP contribution >= 0.6 is 0 Å². The van der Waals surface area contributed by atoms with E-state index in [1.807, 2.05) is 0 Å². The number of nitro groups is 1. The van der Waals surface area contributed by atoms with E-state index in [2.05, 4.69) is 4.99 Å². The van der Waals surface area contributed by atoms with Gasteiger partial charge in [0, 0.05) is 29.8 Å². The van der Waals surface area contributed by atoms with Crippen LogP contribution in [0.3, 0.4) is 0 Å². The summed E-state index contributed by atoms with van der Waals surface area (Å²) in [6, 6.07) is 10.9. The first-order valence-corrected chi connectivity index (χ1v) is 6.23. The van der Waals surface area contributed by atoms with Crippen molar-refractivity contribution in [2.45, 2.75) is 6.42 Å². The number of benzene rings is 2. The predicted molar refractivity (Wildman–Crippen MR) is 73.7 cm³/mol. The minimum Gasteiger partial charge on any atom is -0.284 e. The first-order chi connectivity index (χ1) is 9.65. The van der Waals surface area contributed by atoms with E-state index in [1.165, 1.54) is 24.3 Å². The summed E-state index contributed by atoms with van der Waals surface area (Å²) in [5.74, 6) is -0.330. The zero-order valence-corrected chi connectivity index (χ0v) is 10.5. The molecule has 0 radical (unpaired) electrons. The van der Waals surface area contributed by atoms with Crippen molar-refractivity contribution in [3.05, 3.63) is 75.1 Å². The van der Waals surface area contributed by atoms with Crippen molar-refractivity contribution in [3.8, 4) is 0 Å². The molecule has 0 saturated heterocycles. The van der Waals surface area contributed by atoms with Crippen LogP contribution in [-0.4, -0.2) is 17.2 Å². The molecule has 4 nitrogen and oxygen atoms in total. The van der Waals surface area contributed by atoms with Crippen molar-refractivity contribution >= 4 is 11.4 Å². The molecule has 0 amide bonds. The van der Waals surface area contributed by atoms with Gasteiger partial charge in [-0.1, -0.05) is 18.2 Å².